The zero-order valence-corrected chi connectivity index (χ0v) is 39.6. The largest absolute Gasteiger partial charge is 0.294 e. The molecule has 10 heteroatoms. The van der Waals surface area contributed by atoms with Crippen LogP contribution >= 0.6 is 90.7 Å². The molecule has 0 aliphatic rings. The van der Waals surface area contributed by atoms with E-state index in [9.17, 15) is 9.59 Å². The fourth-order valence-electron chi connectivity index (χ4n) is 8.57. The van der Waals surface area contributed by atoms with Crippen LogP contribution < -0.4 is 0 Å². The maximum Gasteiger partial charge on any atom is 0.169 e. The molecule has 0 atom stereocenters. The van der Waals surface area contributed by atoms with Crippen molar-refractivity contribution in [3.63, 3.8) is 0 Å². The van der Waals surface area contributed by atoms with Crippen LogP contribution in [0, 0.1) is 27.7 Å². The van der Waals surface area contributed by atoms with Gasteiger partial charge in [-0.15, -0.1) is 90.7 Å². The van der Waals surface area contributed by atoms with E-state index < -0.39 is 0 Å². The van der Waals surface area contributed by atoms with E-state index in [1.807, 2.05) is 68.0 Å². The molecule has 0 aliphatic heterocycles. The number of aryl methyl sites for hydroxylation is 6. The average molecular weight is 893 g/mol. The number of hydrogen-bond donors (Lipinski definition) is 0. The normalized spacial score (nSPS) is 12.4. The summed E-state index contributed by atoms with van der Waals surface area (Å²) in [5.41, 5.74) is 5.73. The van der Waals surface area contributed by atoms with Gasteiger partial charge in [0.15, 0.2) is 11.6 Å². The van der Waals surface area contributed by atoms with Crippen molar-refractivity contribution in [3.05, 3.63) is 87.9 Å². The Kier molecular flexibility index (Phi) is 9.57. The first-order valence-corrected chi connectivity index (χ1v) is 26.0. The topological polar surface area (TPSA) is 34.1 Å². The standard InChI is InChI=1S/C47H40O2S8/c1-9-11-27-32-14-26(52-42(32)28(12-10-2)33-18-39(57-43(27)33)46-44-31(25(8)51-46)17-35(53-44)23(6)48)15-37-34-19-36(24(7)49)54-45(34)47(55-37)38-16-30-22(5)40-29(13-20(3)50-40)21(4)41(30)56-38/h13-14,16-19H,9-12,15H2,1-8H3. The Labute approximate surface area is 364 Å². The predicted molar refractivity (Wildman–Crippen MR) is 262 cm³/mol. The molecule has 0 unspecified atom stereocenters. The molecule has 10 aromatic rings. The number of fused-ring (bicyclic) bond motifs is 6. The highest BCUT2D eigenvalue weighted by Gasteiger charge is 2.25. The Balaban J connectivity index is 1.11. The van der Waals surface area contributed by atoms with Gasteiger partial charge >= 0.3 is 0 Å². The molecule has 0 aliphatic carbocycles. The molecule has 0 bridgehead atoms. The highest BCUT2D eigenvalue weighted by Crippen LogP contribution is 2.52. The van der Waals surface area contributed by atoms with Crippen molar-refractivity contribution in [1.82, 2.24) is 0 Å². The van der Waals surface area contributed by atoms with Crippen molar-refractivity contribution < 1.29 is 9.59 Å². The van der Waals surface area contributed by atoms with Crippen LogP contribution in [0.1, 0.15) is 102 Å². The third-order valence-electron chi connectivity index (χ3n) is 11.3. The number of benzene rings is 2. The molecule has 0 N–H and O–H groups in total. The van der Waals surface area contributed by atoms with Crippen molar-refractivity contribution in [2.45, 2.75) is 87.5 Å². The fraction of sp³-hybridized carbons (Fsp3) is 0.277. The van der Waals surface area contributed by atoms with Gasteiger partial charge in [0, 0.05) is 65.3 Å². The summed E-state index contributed by atoms with van der Waals surface area (Å²) in [6, 6.07) is 14.0. The van der Waals surface area contributed by atoms with Gasteiger partial charge in [0.1, 0.15) is 0 Å². The highest BCUT2D eigenvalue weighted by atomic mass is 32.1. The Morgan fingerprint density at radius 3 is 1.67 bits per heavy atom. The number of ketones is 2. The second-order valence-electron chi connectivity index (χ2n) is 15.3. The van der Waals surface area contributed by atoms with E-state index in [1.54, 1.807) is 36.5 Å². The van der Waals surface area contributed by atoms with Crippen molar-refractivity contribution in [3.8, 4) is 19.5 Å². The Morgan fingerprint density at radius 2 is 1.02 bits per heavy atom. The molecule has 0 saturated carbocycles. The van der Waals surface area contributed by atoms with E-state index in [-0.39, 0.29) is 11.6 Å². The molecule has 10 rings (SSSR count). The summed E-state index contributed by atoms with van der Waals surface area (Å²) in [5, 5.41) is 8.07. The Hall–Kier alpha value is -3.06. The summed E-state index contributed by atoms with van der Waals surface area (Å²) < 4.78 is 8.18. The van der Waals surface area contributed by atoms with Crippen molar-refractivity contribution in [2.24, 2.45) is 0 Å². The van der Waals surface area contributed by atoms with Gasteiger partial charge in [-0.3, -0.25) is 9.59 Å². The minimum absolute atomic E-state index is 0.142. The summed E-state index contributed by atoms with van der Waals surface area (Å²) in [4.78, 5) is 37.5. The number of rotatable bonds is 10. The second kappa shape index (κ2) is 14.3. The summed E-state index contributed by atoms with van der Waals surface area (Å²) >= 11 is 14.9. The lowest BCUT2D eigenvalue weighted by Crippen LogP contribution is -1.91. The summed E-state index contributed by atoms with van der Waals surface area (Å²) in [7, 11) is 0. The van der Waals surface area contributed by atoms with E-state index in [2.05, 4.69) is 77.9 Å². The first-order chi connectivity index (χ1) is 27.4. The summed E-state index contributed by atoms with van der Waals surface area (Å²) in [6.45, 7) is 17.0. The van der Waals surface area contributed by atoms with Crippen LogP contribution in [0.15, 0.2) is 36.4 Å². The SMILES string of the molecule is CCCc1c2cc(-c3sc(C)c4cc(C(C)=O)sc34)sc2c(CCC)c2cc(Cc3sc(-c4cc5c(C)c6sc(C)cc6c(C)c5s4)c4sc(C(C)=O)cc34)sc12. The van der Waals surface area contributed by atoms with Crippen LogP contribution in [-0.4, -0.2) is 11.6 Å². The number of carbonyl (C=O) groups is 2. The minimum Gasteiger partial charge on any atom is -0.294 e. The lowest BCUT2D eigenvalue weighted by Gasteiger charge is -2.10. The van der Waals surface area contributed by atoms with Crippen LogP contribution in [0.5, 0.6) is 0 Å². The molecule has 0 radical (unpaired) electrons. The highest BCUT2D eigenvalue weighted by molar-refractivity contribution is 7.32. The Morgan fingerprint density at radius 1 is 0.491 bits per heavy atom. The molecule has 0 amide bonds. The van der Waals surface area contributed by atoms with E-state index in [1.165, 1.54) is 122 Å². The number of thiophene rings is 8. The first-order valence-electron chi connectivity index (χ1n) is 19.5. The number of Topliss-reactive ketones (excluding diaryl/α,β-unsaturated/α-hetero) is 2. The van der Waals surface area contributed by atoms with Gasteiger partial charge in [-0.25, -0.2) is 0 Å². The van der Waals surface area contributed by atoms with Crippen LogP contribution in [0.3, 0.4) is 0 Å². The maximum atomic E-state index is 12.8. The molecule has 0 saturated heterocycles. The van der Waals surface area contributed by atoms with Gasteiger partial charge in [-0.05, 0) is 135 Å². The third kappa shape index (κ3) is 6.03. The van der Waals surface area contributed by atoms with Gasteiger partial charge in [0.2, 0.25) is 0 Å². The molecule has 57 heavy (non-hydrogen) atoms. The van der Waals surface area contributed by atoms with Crippen LogP contribution in [-0.2, 0) is 19.3 Å². The molecule has 288 valence electrons. The van der Waals surface area contributed by atoms with E-state index in [0.717, 1.165) is 41.9 Å². The molecule has 2 aromatic carbocycles. The van der Waals surface area contributed by atoms with Gasteiger partial charge in [-0.2, -0.15) is 0 Å². The second-order valence-corrected chi connectivity index (χ2v) is 24.2. The van der Waals surface area contributed by atoms with Crippen LogP contribution in [0.4, 0.5) is 0 Å². The van der Waals surface area contributed by atoms with Crippen molar-refractivity contribution >= 4 is 163 Å². The van der Waals surface area contributed by atoms with Gasteiger partial charge in [-0.1, -0.05) is 26.7 Å². The third-order valence-corrected chi connectivity index (χ3v) is 21.6. The van der Waals surface area contributed by atoms with Gasteiger partial charge in [0.25, 0.3) is 0 Å². The van der Waals surface area contributed by atoms with Gasteiger partial charge < -0.3 is 0 Å². The first kappa shape index (κ1) is 38.2. The van der Waals surface area contributed by atoms with E-state index >= 15 is 0 Å². The molecule has 0 fully saturated rings. The van der Waals surface area contributed by atoms with Crippen LogP contribution in [0.25, 0.3) is 80.0 Å². The number of carbonyl (C=O) groups excluding carboxylic acids is 2. The molecular weight excluding hydrogens is 853 g/mol. The lowest BCUT2D eigenvalue weighted by atomic mass is 9.96. The minimum atomic E-state index is 0.142. The summed E-state index contributed by atoms with van der Waals surface area (Å²) in [5.74, 6) is 0.288. The quantitative estimate of drug-likeness (QED) is 0.128. The van der Waals surface area contributed by atoms with Gasteiger partial charge in [0.05, 0.1) is 28.9 Å². The zero-order valence-electron chi connectivity index (χ0n) is 33.1. The van der Waals surface area contributed by atoms with Crippen molar-refractivity contribution in [1.29, 1.82) is 0 Å². The Bertz CT molecular complexity index is 3180. The lowest BCUT2D eigenvalue weighted by molar-refractivity contribution is 0.101. The fourth-order valence-corrected chi connectivity index (χ4v) is 18.8. The van der Waals surface area contributed by atoms with E-state index in [4.69, 9.17) is 0 Å². The number of hydrogen-bond acceptors (Lipinski definition) is 10. The zero-order chi connectivity index (χ0) is 39.6. The monoisotopic (exact) mass is 892 g/mol. The molecule has 8 heterocycles. The predicted octanol–water partition coefficient (Wildman–Crippen LogP) is 17.6. The molecule has 8 aromatic heterocycles. The average Bonchev–Trinajstić information content (AvgIpc) is 4.02. The smallest absolute Gasteiger partial charge is 0.169 e. The van der Waals surface area contributed by atoms with Crippen molar-refractivity contribution in [2.75, 3.05) is 0 Å². The molecule has 0 spiro atoms. The summed E-state index contributed by atoms with van der Waals surface area (Å²) in [6.07, 6.45) is 5.14. The molecular formula is C47H40O2S8. The molecule has 2 nitrogen and oxygen atoms in total. The van der Waals surface area contributed by atoms with Crippen LogP contribution in [0.2, 0.25) is 0 Å². The maximum absolute atomic E-state index is 12.8. The van der Waals surface area contributed by atoms with E-state index in [0.29, 0.717) is 0 Å².